The summed E-state index contributed by atoms with van der Waals surface area (Å²) in [4.78, 5) is 12.4. The Balaban J connectivity index is 1.60. The number of imidazole rings is 1. The first kappa shape index (κ1) is 16.3. The van der Waals surface area contributed by atoms with Gasteiger partial charge in [-0.3, -0.25) is 0 Å². The molecule has 0 unspecified atom stereocenters. The largest absolute Gasteiger partial charge is 0.357 e. The first-order valence-corrected chi connectivity index (χ1v) is 8.92. The zero-order chi connectivity index (χ0) is 16.6. The lowest BCUT2D eigenvalue weighted by Crippen LogP contribution is -2.37. The van der Waals surface area contributed by atoms with E-state index in [0.717, 1.165) is 29.6 Å². The molecular formula is C18H21N5S. The van der Waals surface area contributed by atoms with Gasteiger partial charge in [-0.25, -0.2) is 9.98 Å². The van der Waals surface area contributed by atoms with Crippen LogP contribution in [0.15, 0.2) is 58.3 Å². The molecule has 2 aromatic heterocycles. The average molecular weight is 339 g/mol. The number of benzene rings is 1. The van der Waals surface area contributed by atoms with E-state index < -0.39 is 0 Å². The number of nitrogens with zero attached hydrogens (tertiary/aromatic N) is 2. The molecule has 0 radical (unpaired) electrons. The summed E-state index contributed by atoms with van der Waals surface area (Å²) >= 11 is 1.69. The molecule has 24 heavy (non-hydrogen) atoms. The van der Waals surface area contributed by atoms with E-state index in [2.05, 4.69) is 61.5 Å². The van der Waals surface area contributed by atoms with Crippen LogP contribution in [-0.4, -0.2) is 22.5 Å². The summed E-state index contributed by atoms with van der Waals surface area (Å²) < 4.78 is 0. The molecule has 0 aliphatic heterocycles. The molecule has 0 bridgehead atoms. The molecule has 124 valence electrons. The van der Waals surface area contributed by atoms with Crippen LogP contribution in [0.2, 0.25) is 0 Å². The zero-order valence-corrected chi connectivity index (χ0v) is 14.4. The molecule has 0 fully saturated rings. The molecule has 0 amide bonds. The van der Waals surface area contributed by atoms with Gasteiger partial charge in [0, 0.05) is 6.54 Å². The Labute approximate surface area is 145 Å². The Morgan fingerprint density at radius 3 is 2.83 bits per heavy atom. The second-order valence-corrected chi connectivity index (χ2v) is 6.07. The van der Waals surface area contributed by atoms with Gasteiger partial charge in [-0.15, -0.1) is 0 Å². The Morgan fingerprint density at radius 1 is 1.21 bits per heavy atom. The van der Waals surface area contributed by atoms with Crippen molar-refractivity contribution in [2.75, 3.05) is 6.54 Å². The number of hydrogen-bond acceptors (Lipinski definition) is 3. The van der Waals surface area contributed by atoms with Gasteiger partial charge in [0.2, 0.25) is 0 Å². The summed E-state index contributed by atoms with van der Waals surface area (Å²) in [5, 5.41) is 10.8. The van der Waals surface area contributed by atoms with Crippen molar-refractivity contribution in [2.45, 2.75) is 20.0 Å². The maximum Gasteiger partial charge on any atom is 0.191 e. The molecule has 3 N–H and O–H groups in total. The van der Waals surface area contributed by atoms with Crippen LogP contribution >= 0.6 is 11.3 Å². The van der Waals surface area contributed by atoms with Crippen LogP contribution in [0.5, 0.6) is 0 Å². The summed E-state index contributed by atoms with van der Waals surface area (Å²) in [6.45, 7) is 4.15. The highest BCUT2D eigenvalue weighted by Gasteiger charge is 2.04. The predicted octanol–water partition coefficient (Wildman–Crippen LogP) is 3.39. The van der Waals surface area contributed by atoms with Crippen molar-refractivity contribution in [3.63, 3.8) is 0 Å². The predicted molar refractivity (Wildman–Crippen MR) is 100.0 cm³/mol. The molecule has 0 saturated carbocycles. The topological polar surface area (TPSA) is 65.1 Å². The van der Waals surface area contributed by atoms with Gasteiger partial charge < -0.3 is 15.6 Å². The summed E-state index contributed by atoms with van der Waals surface area (Å²) in [5.74, 6) is 1.68. The number of guanidine groups is 1. The van der Waals surface area contributed by atoms with Gasteiger partial charge in [0.15, 0.2) is 5.96 Å². The zero-order valence-electron chi connectivity index (χ0n) is 13.6. The van der Waals surface area contributed by atoms with Crippen molar-refractivity contribution < 1.29 is 0 Å². The fourth-order valence-corrected chi connectivity index (χ4v) is 2.94. The average Bonchev–Trinajstić information content (AvgIpc) is 3.30. The minimum Gasteiger partial charge on any atom is -0.357 e. The van der Waals surface area contributed by atoms with Crippen LogP contribution in [-0.2, 0) is 13.1 Å². The minimum atomic E-state index is 0.600. The van der Waals surface area contributed by atoms with E-state index in [1.165, 1.54) is 5.56 Å². The van der Waals surface area contributed by atoms with Crippen molar-refractivity contribution in [2.24, 2.45) is 4.99 Å². The van der Waals surface area contributed by atoms with E-state index in [1.807, 2.05) is 24.4 Å². The Morgan fingerprint density at radius 2 is 2.08 bits per heavy atom. The van der Waals surface area contributed by atoms with Crippen molar-refractivity contribution >= 4 is 17.3 Å². The van der Waals surface area contributed by atoms with Gasteiger partial charge in [0.05, 0.1) is 25.0 Å². The highest BCUT2D eigenvalue weighted by Crippen LogP contribution is 2.15. The Bertz CT molecular complexity index is 762. The minimum absolute atomic E-state index is 0.600. The fraction of sp³-hybridized carbons (Fsp3) is 0.222. The standard InChI is InChI=1S/C18H21N5S/c1-2-19-18(21-10-14-8-9-24-13-14)22-12-17-20-11-16(23-17)15-6-4-3-5-7-15/h3-9,11,13H,2,10,12H2,1H3,(H,20,23)(H2,19,21,22). The molecule has 0 spiro atoms. The van der Waals surface area contributed by atoms with E-state index in [-0.39, 0.29) is 0 Å². The first-order chi connectivity index (χ1) is 11.8. The van der Waals surface area contributed by atoms with Gasteiger partial charge >= 0.3 is 0 Å². The highest BCUT2D eigenvalue weighted by atomic mass is 32.1. The van der Waals surface area contributed by atoms with Crippen LogP contribution in [0, 0.1) is 0 Å². The van der Waals surface area contributed by atoms with E-state index in [0.29, 0.717) is 13.1 Å². The quantitative estimate of drug-likeness (QED) is 0.476. The highest BCUT2D eigenvalue weighted by molar-refractivity contribution is 7.07. The van der Waals surface area contributed by atoms with Crippen LogP contribution in [0.4, 0.5) is 0 Å². The normalized spacial score (nSPS) is 11.5. The third-order valence-corrected chi connectivity index (χ3v) is 4.21. The van der Waals surface area contributed by atoms with Gasteiger partial charge in [-0.1, -0.05) is 30.3 Å². The second kappa shape index (κ2) is 8.31. The molecule has 3 rings (SSSR count). The Hall–Kier alpha value is -2.60. The summed E-state index contributed by atoms with van der Waals surface area (Å²) in [6, 6.07) is 12.3. The van der Waals surface area contributed by atoms with E-state index in [4.69, 9.17) is 0 Å². The number of aliphatic imine (C=N–C) groups is 1. The fourth-order valence-electron chi connectivity index (χ4n) is 2.28. The second-order valence-electron chi connectivity index (χ2n) is 5.29. The summed E-state index contributed by atoms with van der Waals surface area (Å²) in [5.41, 5.74) is 3.38. The van der Waals surface area contributed by atoms with Gasteiger partial charge in [0.1, 0.15) is 5.82 Å². The number of H-pyrrole nitrogens is 1. The molecule has 5 nitrogen and oxygen atoms in total. The summed E-state index contributed by atoms with van der Waals surface area (Å²) in [7, 11) is 0. The molecule has 0 saturated heterocycles. The van der Waals surface area contributed by atoms with Crippen LogP contribution in [0.1, 0.15) is 18.3 Å². The molecule has 0 atom stereocenters. The third-order valence-electron chi connectivity index (χ3n) is 3.48. The number of aromatic amines is 1. The smallest absolute Gasteiger partial charge is 0.191 e. The molecule has 1 aromatic carbocycles. The molecular weight excluding hydrogens is 318 g/mol. The van der Waals surface area contributed by atoms with Crippen molar-refractivity contribution in [3.05, 3.63) is 64.7 Å². The van der Waals surface area contributed by atoms with Crippen LogP contribution in [0.3, 0.4) is 0 Å². The molecule has 0 aliphatic carbocycles. The number of nitrogens with one attached hydrogen (secondary N) is 3. The van der Waals surface area contributed by atoms with Crippen molar-refractivity contribution in [1.29, 1.82) is 0 Å². The third kappa shape index (κ3) is 4.45. The monoisotopic (exact) mass is 339 g/mol. The van der Waals surface area contributed by atoms with Gasteiger partial charge in [-0.05, 0) is 34.9 Å². The first-order valence-electron chi connectivity index (χ1n) is 7.97. The Kier molecular flexibility index (Phi) is 5.63. The number of thiophene rings is 1. The van der Waals surface area contributed by atoms with Gasteiger partial charge in [-0.2, -0.15) is 11.3 Å². The lowest BCUT2D eigenvalue weighted by molar-refractivity contribution is 0.786. The maximum absolute atomic E-state index is 4.60. The van der Waals surface area contributed by atoms with Crippen LogP contribution in [0.25, 0.3) is 11.3 Å². The lowest BCUT2D eigenvalue weighted by Gasteiger charge is -2.09. The van der Waals surface area contributed by atoms with E-state index in [1.54, 1.807) is 11.3 Å². The molecule has 3 aromatic rings. The van der Waals surface area contributed by atoms with Crippen LogP contribution < -0.4 is 10.6 Å². The van der Waals surface area contributed by atoms with E-state index >= 15 is 0 Å². The number of aromatic nitrogens is 2. The number of hydrogen-bond donors (Lipinski definition) is 3. The molecule has 0 aliphatic rings. The molecule has 2 heterocycles. The van der Waals surface area contributed by atoms with Crippen molar-refractivity contribution in [3.8, 4) is 11.3 Å². The molecule has 6 heteroatoms. The number of rotatable bonds is 6. The lowest BCUT2D eigenvalue weighted by atomic mass is 10.2. The van der Waals surface area contributed by atoms with Crippen molar-refractivity contribution in [1.82, 2.24) is 20.6 Å². The summed E-state index contributed by atoms with van der Waals surface area (Å²) in [6.07, 6.45) is 1.86. The van der Waals surface area contributed by atoms with E-state index in [9.17, 15) is 0 Å². The van der Waals surface area contributed by atoms with Gasteiger partial charge in [0.25, 0.3) is 0 Å². The maximum atomic E-state index is 4.60. The SMILES string of the molecule is CCNC(=NCc1ccsc1)NCc1ncc(-c2ccccc2)[nH]1.